The summed E-state index contributed by atoms with van der Waals surface area (Å²) in [5.74, 6) is -0.000430. The molecule has 136 valence electrons. The monoisotopic (exact) mass is 371 g/mol. The predicted molar refractivity (Wildman–Crippen MR) is 98.4 cm³/mol. The normalized spacial score (nSPS) is 22.3. The highest BCUT2D eigenvalue weighted by molar-refractivity contribution is 7.13. The number of hydrogen-bond acceptors (Lipinski definition) is 5. The Morgan fingerprint density at radius 1 is 1.27 bits per heavy atom. The van der Waals surface area contributed by atoms with Crippen LogP contribution in [0.4, 0.5) is 4.79 Å². The number of aryl methyl sites for hydroxylation is 2. The Balaban J connectivity index is 1.62. The van der Waals surface area contributed by atoms with Crippen LogP contribution in [-0.2, 0) is 11.2 Å². The van der Waals surface area contributed by atoms with Gasteiger partial charge in [-0.15, -0.1) is 11.3 Å². The Kier molecular flexibility index (Phi) is 4.19. The van der Waals surface area contributed by atoms with Crippen molar-refractivity contribution in [3.63, 3.8) is 0 Å². The van der Waals surface area contributed by atoms with Crippen LogP contribution in [0.1, 0.15) is 25.9 Å². The molecule has 1 aromatic carbocycles. The van der Waals surface area contributed by atoms with Gasteiger partial charge in [-0.1, -0.05) is 30.3 Å². The molecule has 0 bridgehead atoms. The van der Waals surface area contributed by atoms with E-state index in [-0.39, 0.29) is 12.0 Å². The minimum Gasteiger partial charge on any atom is -0.447 e. The fraction of sp³-hybridized carbons (Fsp3) is 0.421. The van der Waals surface area contributed by atoms with E-state index < -0.39 is 5.54 Å². The molecule has 2 saturated heterocycles. The number of rotatable bonds is 3. The van der Waals surface area contributed by atoms with Crippen LogP contribution in [0.15, 0.2) is 30.3 Å². The predicted octanol–water partition coefficient (Wildman–Crippen LogP) is 2.65. The van der Waals surface area contributed by atoms with Crippen LogP contribution in [0.3, 0.4) is 0 Å². The maximum Gasteiger partial charge on any atom is 0.410 e. The lowest BCUT2D eigenvalue weighted by Crippen LogP contribution is -2.63. The molecule has 6 nitrogen and oxygen atoms in total. The van der Waals surface area contributed by atoms with Crippen LogP contribution >= 0.6 is 11.3 Å². The quantitative estimate of drug-likeness (QED) is 0.832. The van der Waals surface area contributed by atoms with Gasteiger partial charge < -0.3 is 9.64 Å². The largest absolute Gasteiger partial charge is 0.447 e. The van der Waals surface area contributed by atoms with Crippen molar-refractivity contribution >= 4 is 23.3 Å². The molecule has 2 aliphatic heterocycles. The third-order valence-electron chi connectivity index (χ3n) is 5.10. The van der Waals surface area contributed by atoms with Crippen LogP contribution in [-0.4, -0.2) is 58.6 Å². The molecule has 7 heteroatoms. The first kappa shape index (κ1) is 17.0. The van der Waals surface area contributed by atoms with Crippen LogP contribution < -0.4 is 0 Å². The summed E-state index contributed by atoms with van der Waals surface area (Å²) in [7, 11) is 0. The number of thiazole rings is 1. The van der Waals surface area contributed by atoms with Gasteiger partial charge in [0.25, 0.3) is 5.91 Å². The van der Waals surface area contributed by atoms with Gasteiger partial charge in [-0.25, -0.2) is 9.78 Å². The van der Waals surface area contributed by atoms with Crippen molar-refractivity contribution in [2.45, 2.75) is 25.8 Å². The maximum absolute atomic E-state index is 13.1. The van der Waals surface area contributed by atoms with Crippen molar-refractivity contribution in [1.29, 1.82) is 0 Å². The van der Waals surface area contributed by atoms with Gasteiger partial charge in [-0.3, -0.25) is 9.69 Å². The molecule has 2 fully saturated rings. The van der Waals surface area contributed by atoms with Crippen molar-refractivity contribution in [3.8, 4) is 0 Å². The van der Waals surface area contributed by atoms with Gasteiger partial charge in [0.15, 0.2) is 0 Å². The molecule has 1 aromatic heterocycles. The third-order valence-corrected chi connectivity index (χ3v) is 6.16. The summed E-state index contributed by atoms with van der Waals surface area (Å²) in [4.78, 5) is 34.0. The summed E-state index contributed by atoms with van der Waals surface area (Å²) in [6.45, 7) is 5.57. The molecule has 2 aliphatic rings. The molecular weight excluding hydrogens is 350 g/mol. The summed E-state index contributed by atoms with van der Waals surface area (Å²) < 4.78 is 5.38. The van der Waals surface area contributed by atoms with E-state index >= 15 is 0 Å². The van der Waals surface area contributed by atoms with Crippen LogP contribution in [0.25, 0.3) is 0 Å². The van der Waals surface area contributed by atoms with Crippen LogP contribution in [0.2, 0.25) is 0 Å². The third kappa shape index (κ3) is 2.86. The van der Waals surface area contributed by atoms with E-state index in [1.807, 2.05) is 49.1 Å². The number of hydrogen-bond donors (Lipinski definition) is 0. The zero-order valence-corrected chi connectivity index (χ0v) is 15.7. The van der Waals surface area contributed by atoms with Gasteiger partial charge in [0.05, 0.1) is 10.7 Å². The first-order chi connectivity index (χ1) is 12.5. The van der Waals surface area contributed by atoms with Crippen LogP contribution in [0.5, 0.6) is 0 Å². The number of nitrogens with zero attached hydrogens (tertiary/aromatic N) is 3. The Morgan fingerprint density at radius 3 is 2.73 bits per heavy atom. The van der Waals surface area contributed by atoms with Crippen LogP contribution in [0, 0.1) is 13.8 Å². The average Bonchev–Trinajstić information content (AvgIpc) is 3.14. The zero-order chi connectivity index (χ0) is 18.3. The molecule has 0 radical (unpaired) electrons. The van der Waals surface area contributed by atoms with Crippen molar-refractivity contribution in [2.24, 2.45) is 0 Å². The van der Waals surface area contributed by atoms with E-state index in [0.717, 1.165) is 16.3 Å². The molecule has 2 amide bonds. The van der Waals surface area contributed by atoms with Gasteiger partial charge in [0.2, 0.25) is 0 Å². The second kappa shape index (κ2) is 6.39. The second-order valence-electron chi connectivity index (χ2n) is 6.97. The highest BCUT2D eigenvalue weighted by Crippen LogP contribution is 2.33. The molecule has 4 rings (SSSR count). The lowest BCUT2D eigenvalue weighted by molar-refractivity contribution is 0.0378. The number of benzene rings is 1. The first-order valence-corrected chi connectivity index (χ1v) is 9.52. The first-order valence-electron chi connectivity index (χ1n) is 8.70. The lowest BCUT2D eigenvalue weighted by atomic mass is 9.88. The topological polar surface area (TPSA) is 62.7 Å². The Bertz CT molecular complexity index is 851. The second-order valence-corrected chi connectivity index (χ2v) is 8.17. The maximum atomic E-state index is 13.1. The summed E-state index contributed by atoms with van der Waals surface area (Å²) in [5, 5.41) is 0.892. The molecule has 0 spiro atoms. The lowest BCUT2D eigenvalue weighted by Gasteiger charge is -2.44. The van der Waals surface area contributed by atoms with Gasteiger partial charge in [0.1, 0.15) is 17.0 Å². The van der Waals surface area contributed by atoms with Crippen molar-refractivity contribution in [1.82, 2.24) is 14.8 Å². The number of carbonyl (C=O) groups excluding carboxylic acids is 2. The standard InChI is InChI=1S/C19H21N3O3S/c1-13-16(26-14(2)20-13)17(23)21-8-9-22-18(24)25-12-19(22,11-21)10-15-6-4-3-5-7-15/h3-7H,8-12H2,1-2H3. The molecule has 0 saturated carbocycles. The van der Waals surface area contributed by atoms with Crippen molar-refractivity contribution in [2.75, 3.05) is 26.2 Å². The Morgan fingerprint density at radius 2 is 2.04 bits per heavy atom. The fourth-order valence-electron chi connectivity index (χ4n) is 3.88. The average molecular weight is 371 g/mol. The van der Waals surface area contributed by atoms with Gasteiger partial charge in [-0.05, 0) is 19.4 Å². The van der Waals surface area contributed by atoms with Crippen molar-refractivity contribution in [3.05, 3.63) is 51.5 Å². The smallest absolute Gasteiger partial charge is 0.410 e. The van der Waals surface area contributed by atoms with E-state index in [9.17, 15) is 9.59 Å². The number of carbonyl (C=O) groups is 2. The summed E-state index contributed by atoms with van der Waals surface area (Å²) >= 11 is 1.43. The highest BCUT2D eigenvalue weighted by Gasteiger charge is 2.51. The fourth-order valence-corrected chi connectivity index (χ4v) is 4.77. The number of ether oxygens (including phenoxy) is 1. The van der Waals surface area contributed by atoms with E-state index in [4.69, 9.17) is 4.74 Å². The SMILES string of the molecule is Cc1nc(C)c(C(=O)N2CCN3C(=O)OCC3(Cc3ccccc3)C2)s1. The highest BCUT2D eigenvalue weighted by atomic mass is 32.1. The van der Waals surface area contributed by atoms with E-state index in [2.05, 4.69) is 4.98 Å². The summed E-state index contributed by atoms with van der Waals surface area (Å²) in [6.07, 6.45) is 0.391. The number of piperazine rings is 1. The zero-order valence-electron chi connectivity index (χ0n) is 14.9. The molecule has 26 heavy (non-hydrogen) atoms. The van der Waals surface area contributed by atoms with E-state index in [1.165, 1.54) is 11.3 Å². The Hall–Kier alpha value is -2.41. The van der Waals surface area contributed by atoms with Gasteiger partial charge in [-0.2, -0.15) is 0 Å². The number of aromatic nitrogens is 1. The molecule has 0 N–H and O–H groups in total. The molecular formula is C19H21N3O3S. The molecule has 3 heterocycles. The number of fused-ring (bicyclic) bond motifs is 1. The van der Waals surface area contributed by atoms with E-state index in [0.29, 0.717) is 37.5 Å². The number of amides is 2. The molecule has 1 atom stereocenters. The van der Waals surface area contributed by atoms with Gasteiger partial charge >= 0.3 is 6.09 Å². The Labute approximate surface area is 156 Å². The minimum atomic E-state index is -0.500. The summed E-state index contributed by atoms with van der Waals surface area (Å²) in [6, 6.07) is 10.0. The summed E-state index contributed by atoms with van der Waals surface area (Å²) in [5.41, 5.74) is 1.41. The van der Waals surface area contributed by atoms with E-state index in [1.54, 1.807) is 4.90 Å². The van der Waals surface area contributed by atoms with Gasteiger partial charge in [0, 0.05) is 26.1 Å². The van der Waals surface area contributed by atoms with Crippen molar-refractivity contribution < 1.29 is 14.3 Å². The minimum absolute atomic E-state index is 0.000430. The molecule has 1 unspecified atom stereocenters. The molecule has 0 aliphatic carbocycles. The number of cyclic esters (lactones) is 1. The molecule has 2 aromatic rings.